The van der Waals surface area contributed by atoms with Crippen LogP contribution in [0.3, 0.4) is 0 Å². The third-order valence-electron chi connectivity index (χ3n) is 6.64. The van der Waals surface area contributed by atoms with Gasteiger partial charge in [-0.2, -0.15) is 5.26 Å². The molecule has 0 saturated carbocycles. The van der Waals surface area contributed by atoms with Crippen molar-refractivity contribution in [2.24, 2.45) is 4.99 Å². The van der Waals surface area contributed by atoms with Gasteiger partial charge in [-0.05, 0) is 78.8 Å². The first kappa shape index (κ1) is 22.3. The molecule has 5 aromatic rings. The number of amides is 1. The lowest BCUT2D eigenvalue weighted by atomic mass is 9.96. The molecule has 176 valence electrons. The molecule has 0 spiro atoms. The third kappa shape index (κ3) is 3.98. The van der Waals surface area contributed by atoms with E-state index in [4.69, 9.17) is 9.41 Å². The summed E-state index contributed by atoms with van der Waals surface area (Å²) in [6.45, 7) is 1.98. The summed E-state index contributed by atoms with van der Waals surface area (Å²) in [4.78, 5) is 19.6. The molecule has 0 saturated heterocycles. The van der Waals surface area contributed by atoms with Crippen LogP contribution in [-0.4, -0.2) is 5.91 Å². The molecule has 2 heterocycles. The van der Waals surface area contributed by atoms with Gasteiger partial charge >= 0.3 is 0 Å². The lowest BCUT2D eigenvalue weighted by Crippen LogP contribution is -2.21. The second-order valence-electron chi connectivity index (χ2n) is 9.10. The maximum atomic E-state index is 13.6. The van der Waals surface area contributed by atoms with Gasteiger partial charge in [-0.15, -0.1) is 11.3 Å². The number of aryl methyl sites for hydroxylation is 2. The maximum Gasteiger partial charge on any atom is 0.261 e. The normalized spacial score (nSPS) is 13.5. The first-order valence-electron chi connectivity index (χ1n) is 12.0. The Morgan fingerprint density at radius 1 is 1.03 bits per heavy atom. The van der Waals surface area contributed by atoms with Crippen LogP contribution in [0.2, 0.25) is 0 Å². The number of nitrogens with one attached hydrogen (secondary N) is 1. The van der Waals surface area contributed by atoms with E-state index in [0.717, 1.165) is 53.0 Å². The Morgan fingerprint density at radius 3 is 2.75 bits per heavy atom. The van der Waals surface area contributed by atoms with Crippen molar-refractivity contribution in [1.29, 1.82) is 5.26 Å². The van der Waals surface area contributed by atoms with E-state index >= 15 is 0 Å². The van der Waals surface area contributed by atoms with Crippen molar-refractivity contribution in [3.8, 4) is 6.07 Å². The highest BCUT2D eigenvalue weighted by atomic mass is 32.1. The summed E-state index contributed by atoms with van der Waals surface area (Å²) >= 11 is 1.53. The Hall–Kier alpha value is -4.21. The largest absolute Gasteiger partial charge is 0.437 e. The molecular weight excluding hydrogens is 466 g/mol. The predicted molar refractivity (Wildman–Crippen MR) is 144 cm³/mol. The van der Waals surface area contributed by atoms with Gasteiger partial charge in [0.1, 0.15) is 22.2 Å². The summed E-state index contributed by atoms with van der Waals surface area (Å²) in [6, 6.07) is 23.8. The molecule has 1 amide bonds. The second kappa shape index (κ2) is 9.10. The molecule has 0 aliphatic heterocycles. The van der Waals surface area contributed by atoms with Crippen molar-refractivity contribution in [2.75, 3.05) is 5.32 Å². The summed E-state index contributed by atoms with van der Waals surface area (Å²) in [5.74, 6) is -0.308. The average molecular weight is 490 g/mol. The van der Waals surface area contributed by atoms with E-state index in [1.807, 2.05) is 73.7 Å². The van der Waals surface area contributed by atoms with E-state index < -0.39 is 0 Å². The number of carbonyl (C=O) groups is 1. The summed E-state index contributed by atoms with van der Waals surface area (Å²) < 4.78 is 6.29. The van der Waals surface area contributed by atoms with E-state index in [0.29, 0.717) is 27.4 Å². The number of fused-ring (bicyclic) bond motifs is 4. The number of rotatable bonds is 3. The van der Waals surface area contributed by atoms with Gasteiger partial charge in [0.25, 0.3) is 5.91 Å². The Labute approximate surface area is 212 Å². The average Bonchev–Trinajstić information content (AvgIpc) is 3.25. The zero-order valence-corrected chi connectivity index (χ0v) is 20.6. The maximum absolute atomic E-state index is 13.6. The quantitative estimate of drug-likeness (QED) is 0.272. The Bertz CT molecular complexity index is 1770. The van der Waals surface area contributed by atoms with E-state index in [-0.39, 0.29) is 11.5 Å². The molecule has 6 heteroatoms. The summed E-state index contributed by atoms with van der Waals surface area (Å²) in [6.07, 6.45) is 4.06. The Balaban J connectivity index is 1.58. The summed E-state index contributed by atoms with van der Waals surface area (Å²) in [5.41, 5.74) is 4.63. The fourth-order valence-electron chi connectivity index (χ4n) is 4.88. The number of hydrogen-bond donors (Lipinski definition) is 1. The molecule has 36 heavy (non-hydrogen) atoms. The van der Waals surface area contributed by atoms with Crippen LogP contribution < -0.4 is 10.9 Å². The van der Waals surface area contributed by atoms with E-state index in [2.05, 4.69) is 11.4 Å². The first-order valence-corrected chi connectivity index (χ1v) is 12.9. The van der Waals surface area contributed by atoms with Crippen molar-refractivity contribution in [1.82, 2.24) is 0 Å². The summed E-state index contributed by atoms with van der Waals surface area (Å²) in [7, 11) is 0. The van der Waals surface area contributed by atoms with E-state index in [1.54, 1.807) is 0 Å². The van der Waals surface area contributed by atoms with Crippen molar-refractivity contribution in [2.45, 2.75) is 32.6 Å². The minimum Gasteiger partial charge on any atom is -0.437 e. The number of anilines is 1. The molecule has 1 aliphatic carbocycles. The van der Waals surface area contributed by atoms with Gasteiger partial charge in [0, 0.05) is 16.0 Å². The molecule has 0 bridgehead atoms. The molecule has 0 unspecified atom stereocenters. The molecule has 0 fully saturated rings. The highest BCUT2D eigenvalue weighted by Crippen LogP contribution is 2.39. The third-order valence-corrected chi connectivity index (χ3v) is 7.83. The van der Waals surface area contributed by atoms with Crippen molar-refractivity contribution in [3.05, 3.63) is 99.4 Å². The lowest BCUT2D eigenvalue weighted by Gasteiger charge is -2.09. The van der Waals surface area contributed by atoms with Gasteiger partial charge in [-0.25, -0.2) is 4.99 Å². The Kier molecular flexibility index (Phi) is 5.63. The van der Waals surface area contributed by atoms with Crippen LogP contribution in [-0.2, 0) is 12.8 Å². The zero-order chi connectivity index (χ0) is 24.6. The molecule has 1 N–H and O–H groups in total. The Morgan fingerprint density at radius 2 is 1.89 bits per heavy atom. The van der Waals surface area contributed by atoms with Crippen molar-refractivity contribution in [3.63, 3.8) is 0 Å². The number of nitriles is 1. The van der Waals surface area contributed by atoms with Gasteiger partial charge in [0.2, 0.25) is 5.55 Å². The first-order chi connectivity index (χ1) is 17.6. The molecule has 0 atom stereocenters. The van der Waals surface area contributed by atoms with Gasteiger partial charge in [0.05, 0.1) is 5.56 Å². The fraction of sp³-hybridized carbons (Fsp3) is 0.167. The van der Waals surface area contributed by atoms with Gasteiger partial charge in [0.15, 0.2) is 0 Å². The highest BCUT2D eigenvalue weighted by molar-refractivity contribution is 7.16. The number of thiophene rings is 1. The van der Waals surface area contributed by atoms with Crippen LogP contribution in [0.15, 0.2) is 76.1 Å². The second-order valence-corrected chi connectivity index (χ2v) is 10.2. The molecule has 3 aromatic carbocycles. The van der Waals surface area contributed by atoms with Crippen LogP contribution in [0.5, 0.6) is 0 Å². The van der Waals surface area contributed by atoms with Gasteiger partial charge in [-0.3, -0.25) is 4.79 Å². The molecule has 1 aliphatic rings. The van der Waals surface area contributed by atoms with E-state index in [9.17, 15) is 10.1 Å². The minimum absolute atomic E-state index is 0.207. The van der Waals surface area contributed by atoms with Crippen molar-refractivity contribution < 1.29 is 9.21 Å². The number of carbonyl (C=O) groups excluding carboxylic acids is 1. The molecular formula is C30H23N3O2S. The molecule has 2 aromatic heterocycles. The van der Waals surface area contributed by atoms with Crippen LogP contribution in [0.25, 0.3) is 21.7 Å². The van der Waals surface area contributed by atoms with Crippen LogP contribution in [0, 0.1) is 18.3 Å². The fourth-order valence-corrected chi connectivity index (χ4v) is 6.09. The standard InChI is InChI=1S/C30H23N3O2S/c1-18-7-6-9-20(15-18)32-28(34)24-16-23-21-10-3-2-8-19(21)13-14-26(23)35-29(24)33-30-25(17-31)22-11-4-5-12-27(22)36-30/h2-3,6-10,13-16H,4-5,11-12H2,1H3,(H,32,34). The molecule has 0 radical (unpaired) electrons. The highest BCUT2D eigenvalue weighted by Gasteiger charge is 2.22. The van der Waals surface area contributed by atoms with Crippen molar-refractivity contribution >= 4 is 49.7 Å². The minimum atomic E-state index is -0.308. The van der Waals surface area contributed by atoms with Crippen LogP contribution in [0.4, 0.5) is 10.7 Å². The van der Waals surface area contributed by atoms with Crippen LogP contribution >= 0.6 is 11.3 Å². The van der Waals surface area contributed by atoms with Gasteiger partial charge in [-0.1, -0.05) is 42.5 Å². The predicted octanol–water partition coefficient (Wildman–Crippen LogP) is 7.19. The zero-order valence-electron chi connectivity index (χ0n) is 19.8. The van der Waals surface area contributed by atoms with Gasteiger partial charge < -0.3 is 9.73 Å². The topological polar surface area (TPSA) is 78.4 Å². The molecule has 6 rings (SSSR count). The van der Waals surface area contributed by atoms with Crippen LogP contribution in [0.1, 0.15) is 44.8 Å². The smallest absolute Gasteiger partial charge is 0.261 e. The monoisotopic (exact) mass is 489 g/mol. The summed E-state index contributed by atoms with van der Waals surface area (Å²) in [5, 5.41) is 16.4. The lowest BCUT2D eigenvalue weighted by molar-refractivity contribution is 0.102. The number of hydrogen-bond acceptors (Lipinski definition) is 5. The molecule has 5 nitrogen and oxygen atoms in total. The SMILES string of the molecule is Cc1cccc(NC(=O)c2cc3c(ccc4ccccc43)oc2=Nc2sc3c(c2C#N)CCCC3)c1. The number of nitrogens with zero attached hydrogens (tertiary/aromatic N) is 2. The van der Waals surface area contributed by atoms with E-state index in [1.165, 1.54) is 16.2 Å². The number of benzene rings is 3.